The SMILES string of the molecule is NC(CCC(=O)Nc1nc2c(s1)CN(C(=O)c1cc3c(Cl)cccc3[nH]1)CC2)C(=O)O. The largest absolute Gasteiger partial charge is 0.480 e. The van der Waals surface area contributed by atoms with E-state index < -0.39 is 12.0 Å². The van der Waals surface area contributed by atoms with E-state index in [1.807, 2.05) is 12.1 Å². The van der Waals surface area contributed by atoms with E-state index >= 15 is 0 Å². The smallest absolute Gasteiger partial charge is 0.320 e. The van der Waals surface area contributed by atoms with Crippen LogP contribution in [0.4, 0.5) is 5.13 Å². The average Bonchev–Trinajstić information content (AvgIpc) is 3.35. The Hall–Kier alpha value is -2.95. The van der Waals surface area contributed by atoms with Crippen LogP contribution in [-0.4, -0.2) is 50.3 Å². The Morgan fingerprint density at radius 3 is 2.94 bits per heavy atom. The highest BCUT2D eigenvalue weighted by atomic mass is 35.5. The first kappa shape index (κ1) is 21.3. The molecule has 3 aromatic rings. The molecule has 1 unspecified atom stereocenters. The third kappa shape index (κ3) is 4.55. The summed E-state index contributed by atoms with van der Waals surface area (Å²) in [7, 11) is 0. The van der Waals surface area contributed by atoms with Gasteiger partial charge in [0.25, 0.3) is 5.91 Å². The van der Waals surface area contributed by atoms with Gasteiger partial charge in [0.15, 0.2) is 5.13 Å². The van der Waals surface area contributed by atoms with Gasteiger partial charge in [0.1, 0.15) is 11.7 Å². The van der Waals surface area contributed by atoms with E-state index in [1.54, 1.807) is 17.0 Å². The summed E-state index contributed by atoms with van der Waals surface area (Å²) in [5.41, 5.74) is 7.55. The number of carbonyl (C=O) groups excluding carboxylic acids is 2. The van der Waals surface area contributed by atoms with E-state index in [0.29, 0.717) is 35.4 Å². The van der Waals surface area contributed by atoms with Crippen molar-refractivity contribution in [1.29, 1.82) is 0 Å². The molecule has 1 aromatic carbocycles. The number of nitrogens with two attached hydrogens (primary N) is 1. The van der Waals surface area contributed by atoms with Crippen LogP contribution in [0.1, 0.15) is 33.9 Å². The van der Waals surface area contributed by atoms with Crippen molar-refractivity contribution in [1.82, 2.24) is 14.9 Å². The summed E-state index contributed by atoms with van der Waals surface area (Å²) < 4.78 is 0. The summed E-state index contributed by atoms with van der Waals surface area (Å²) in [6.45, 7) is 0.911. The third-order valence-electron chi connectivity index (χ3n) is 5.11. The lowest BCUT2D eigenvalue weighted by Crippen LogP contribution is -2.35. The molecule has 1 aliphatic rings. The van der Waals surface area contributed by atoms with Crippen LogP contribution in [-0.2, 0) is 22.6 Å². The van der Waals surface area contributed by atoms with Crippen LogP contribution >= 0.6 is 22.9 Å². The van der Waals surface area contributed by atoms with Crippen molar-refractivity contribution >= 4 is 56.8 Å². The lowest BCUT2D eigenvalue weighted by Gasteiger charge is -2.25. The average molecular weight is 462 g/mol. The maximum Gasteiger partial charge on any atom is 0.320 e. The summed E-state index contributed by atoms with van der Waals surface area (Å²) in [5.74, 6) is -1.61. The number of carboxylic acids is 1. The number of fused-ring (bicyclic) bond motifs is 2. The maximum atomic E-state index is 13.0. The van der Waals surface area contributed by atoms with E-state index in [-0.39, 0.29) is 24.7 Å². The van der Waals surface area contributed by atoms with Crippen LogP contribution in [0.2, 0.25) is 5.02 Å². The molecule has 162 valence electrons. The van der Waals surface area contributed by atoms with Gasteiger partial charge >= 0.3 is 5.97 Å². The van der Waals surface area contributed by atoms with Gasteiger partial charge in [-0.3, -0.25) is 14.4 Å². The Labute approximate surface area is 186 Å². The summed E-state index contributed by atoms with van der Waals surface area (Å²) >= 11 is 7.52. The molecular formula is C20H20ClN5O4S. The standard InChI is InChI=1S/C20H20ClN5O4S/c21-11-2-1-3-13-10(11)8-15(23-13)18(28)26-7-6-14-16(9-26)31-20(24-14)25-17(27)5-4-12(22)19(29)30/h1-3,8,12,23H,4-7,9,22H2,(H,29,30)(H,24,25,27). The molecule has 2 aromatic heterocycles. The number of benzene rings is 1. The number of carbonyl (C=O) groups is 3. The molecule has 0 saturated heterocycles. The van der Waals surface area contributed by atoms with Gasteiger partial charge < -0.3 is 26.0 Å². The number of halogens is 1. The Bertz CT molecular complexity index is 1170. The summed E-state index contributed by atoms with van der Waals surface area (Å²) in [6, 6.07) is 6.16. The quantitative estimate of drug-likeness (QED) is 0.444. The number of amides is 2. The highest BCUT2D eigenvalue weighted by Gasteiger charge is 2.26. The molecule has 9 nitrogen and oxygen atoms in total. The number of carboxylic acid groups (broad SMARTS) is 1. The van der Waals surface area contributed by atoms with Crippen molar-refractivity contribution < 1.29 is 19.5 Å². The normalized spacial score (nSPS) is 14.3. The molecule has 0 bridgehead atoms. The van der Waals surface area contributed by atoms with Gasteiger partial charge in [-0.1, -0.05) is 29.0 Å². The number of anilines is 1. The maximum absolute atomic E-state index is 13.0. The molecule has 3 heterocycles. The van der Waals surface area contributed by atoms with Gasteiger partial charge in [-0.2, -0.15) is 0 Å². The minimum Gasteiger partial charge on any atom is -0.480 e. The zero-order valence-corrected chi connectivity index (χ0v) is 17.9. The molecule has 0 saturated carbocycles. The molecule has 0 fully saturated rings. The molecule has 5 N–H and O–H groups in total. The Morgan fingerprint density at radius 1 is 1.39 bits per heavy atom. The number of aliphatic carboxylic acids is 1. The first-order chi connectivity index (χ1) is 14.8. The molecule has 11 heteroatoms. The van der Waals surface area contributed by atoms with Crippen molar-refractivity contribution in [2.24, 2.45) is 5.73 Å². The minimum absolute atomic E-state index is 0.00866. The number of thiazole rings is 1. The molecule has 0 radical (unpaired) electrons. The molecule has 2 amide bonds. The Balaban J connectivity index is 1.41. The number of aromatic nitrogens is 2. The number of nitrogens with zero attached hydrogens (tertiary/aromatic N) is 2. The highest BCUT2D eigenvalue weighted by Crippen LogP contribution is 2.30. The van der Waals surface area contributed by atoms with Crippen molar-refractivity contribution in [3.63, 3.8) is 0 Å². The number of rotatable bonds is 6. The van der Waals surface area contributed by atoms with Crippen LogP contribution in [0, 0.1) is 0 Å². The van der Waals surface area contributed by atoms with Gasteiger partial charge in [-0.05, 0) is 24.6 Å². The van der Waals surface area contributed by atoms with Crippen LogP contribution in [0.15, 0.2) is 24.3 Å². The van der Waals surface area contributed by atoms with E-state index in [1.165, 1.54) is 11.3 Å². The summed E-state index contributed by atoms with van der Waals surface area (Å²) in [4.78, 5) is 46.0. The molecule has 1 atom stereocenters. The molecule has 4 rings (SSSR count). The molecule has 0 spiro atoms. The fraction of sp³-hybridized carbons (Fsp3) is 0.300. The van der Waals surface area contributed by atoms with E-state index in [2.05, 4.69) is 15.3 Å². The Kier molecular flexibility index (Phi) is 5.94. The van der Waals surface area contributed by atoms with Crippen molar-refractivity contribution in [3.05, 3.63) is 45.6 Å². The molecule has 1 aliphatic heterocycles. The van der Waals surface area contributed by atoms with Gasteiger partial charge in [0.05, 0.1) is 12.2 Å². The first-order valence-electron chi connectivity index (χ1n) is 9.65. The second-order valence-corrected chi connectivity index (χ2v) is 8.77. The lowest BCUT2D eigenvalue weighted by atomic mass is 10.1. The zero-order chi connectivity index (χ0) is 22.1. The van der Waals surface area contributed by atoms with Crippen LogP contribution in [0.25, 0.3) is 10.9 Å². The number of H-pyrrole nitrogens is 1. The lowest BCUT2D eigenvalue weighted by molar-refractivity contribution is -0.138. The second kappa shape index (κ2) is 8.66. The van der Waals surface area contributed by atoms with Crippen LogP contribution in [0.3, 0.4) is 0 Å². The summed E-state index contributed by atoms with van der Waals surface area (Å²) in [5, 5.41) is 13.3. The fourth-order valence-corrected chi connectivity index (χ4v) is 4.69. The second-order valence-electron chi connectivity index (χ2n) is 7.28. The third-order valence-corrected chi connectivity index (χ3v) is 6.43. The number of hydrogen-bond acceptors (Lipinski definition) is 6. The number of aromatic amines is 1. The highest BCUT2D eigenvalue weighted by molar-refractivity contribution is 7.15. The molecule has 0 aliphatic carbocycles. The predicted molar refractivity (Wildman–Crippen MR) is 117 cm³/mol. The van der Waals surface area contributed by atoms with E-state index in [4.69, 9.17) is 22.4 Å². The molecule has 31 heavy (non-hydrogen) atoms. The van der Waals surface area contributed by atoms with Crippen molar-refractivity contribution in [3.8, 4) is 0 Å². The van der Waals surface area contributed by atoms with Crippen molar-refractivity contribution in [2.45, 2.75) is 31.8 Å². The minimum atomic E-state index is -1.14. The summed E-state index contributed by atoms with van der Waals surface area (Å²) in [6.07, 6.45) is 0.618. The topological polar surface area (TPSA) is 141 Å². The Morgan fingerprint density at radius 2 is 2.19 bits per heavy atom. The first-order valence-corrected chi connectivity index (χ1v) is 10.8. The number of hydrogen-bond donors (Lipinski definition) is 4. The van der Waals surface area contributed by atoms with Gasteiger partial charge in [0, 0.05) is 40.2 Å². The van der Waals surface area contributed by atoms with Gasteiger partial charge in [0.2, 0.25) is 5.91 Å². The van der Waals surface area contributed by atoms with Gasteiger partial charge in [-0.25, -0.2) is 4.98 Å². The van der Waals surface area contributed by atoms with Gasteiger partial charge in [-0.15, -0.1) is 0 Å². The van der Waals surface area contributed by atoms with E-state index in [9.17, 15) is 14.4 Å². The number of nitrogens with one attached hydrogen (secondary N) is 2. The fourth-order valence-electron chi connectivity index (χ4n) is 3.42. The zero-order valence-electron chi connectivity index (χ0n) is 16.4. The van der Waals surface area contributed by atoms with E-state index in [0.717, 1.165) is 21.5 Å². The van der Waals surface area contributed by atoms with Crippen molar-refractivity contribution in [2.75, 3.05) is 11.9 Å². The van der Waals surface area contributed by atoms with Crippen LogP contribution < -0.4 is 11.1 Å². The predicted octanol–water partition coefficient (Wildman–Crippen LogP) is 2.61. The molecular weight excluding hydrogens is 442 g/mol. The van der Waals surface area contributed by atoms with Crippen LogP contribution in [0.5, 0.6) is 0 Å². The monoisotopic (exact) mass is 461 g/mol.